The highest BCUT2D eigenvalue weighted by Crippen LogP contribution is 2.47. The lowest BCUT2D eigenvalue weighted by atomic mass is 9.61. The summed E-state index contributed by atoms with van der Waals surface area (Å²) in [4.78, 5) is 0. The fraction of sp³-hybridized carbons (Fsp3) is 0.467. The molecule has 0 unspecified atom stereocenters. The minimum Gasteiger partial charge on any atom is -0.469 e. The lowest BCUT2D eigenvalue weighted by Gasteiger charge is -2.42. The van der Waals surface area contributed by atoms with Crippen molar-refractivity contribution in [2.75, 3.05) is 0 Å². The highest BCUT2D eigenvalue weighted by molar-refractivity contribution is 5.38. The van der Waals surface area contributed by atoms with Crippen molar-refractivity contribution in [3.63, 3.8) is 0 Å². The van der Waals surface area contributed by atoms with Crippen LogP contribution in [0, 0.1) is 11.8 Å². The maximum Gasteiger partial charge on any atom is 0.108 e. The number of hydrogen-bond donors (Lipinski definition) is 0. The second-order valence-electron chi connectivity index (χ2n) is 5.64. The van der Waals surface area contributed by atoms with E-state index in [1.807, 2.05) is 6.26 Å². The molecule has 3 rings (SSSR count). The number of allylic oxidation sites excluding steroid dienone is 4. The summed E-state index contributed by atoms with van der Waals surface area (Å²) in [5, 5.41) is 0. The highest BCUT2D eigenvalue weighted by Gasteiger charge is 2.42. The van der Waals surface area contributed by atoms with Crippen LogP contribution in [0.1, 0.15) is 32.1 Å². The van der Waals surface area contributed by atoms with Gasteiger partial charge in [0.2, 0.25) is 0 Å². The first-order valence-corrected chi connectivity index (χ1v) is 6.02. The summed E-state index contributed by atoms with van der Waals surface area (Å²) in [5.74, 6) is 2.41. The highest BCUT2D eigenvalue weighted by atomic mass is 16.3. The van der Waals surface area contributed by atoms with Gasteiger partial charge < -0.3 is 4.42 Å². The molecule has 1 heteroatoms. The van der Waals surface area contributed by atoms with Crippen molar-refractivity contribution in [2.45, 2.75) is 32.6 Å². The molecule has 1 aromatic rings. The molecule has 0 aromatic carbocycles. The summed E-state index contributed by atoms with van der Waals surface area (Å²) in [7, 11) is 0. The van der Waals surface area contributed by atoms with Crippen molar-refractivity contribution >= 4 is 0 Å². The van der Waals surface area contributed by atoms with Crippen molar-refractivity contribution in [1.82, 2.24) is 0 Å². The van der Waals surface area contributed by atoms with E-state index in [2.05, 4.69) is 45.1 Å². The van der Waals surface area contributed by atoms with Crippen molar-refractivity contribution < 1.29 is 4.42 Å². The van der Waals surface area contributed by atoms with Gasteiger partial charge in [-0.1, -0.05) is 37.6 Å². The molecule has 0 bridgehead atoms. The number of fused-ring (bicyclic) bond motifs is 2. The van der Waals surface area contributed by atoms with E-state index in [-0.39, 0.29) is 5.41 Å². The van der Waals surface area contributed by atoms with Crippen LogP contribution in [-0.4, -0.2) is 0 Å². The van der Waals surface area contributed by atoms with E-state index < -0.39 is 0 Å². The van der Waals surface area contributed by atoms with E-state index in [1.165, 1.54) is 16.9 Å². The Kier molecular flexibility index (Phi) is 1.95. The van der Waals surface area contributed by atoms with E-state index in [9.17, 15) is 0 Å². The molecule has 16 heavy (non-hydrogen) atoms. The van der Waals surface area contributed by atoms with Crippen LogP contribution >= 0.6 is 0 Å². The first kappa shape index (κ1) is 9.95. The average Bonchev–Trinajstić information content (AvgIpc) is 2.65. The molecule has 0 aliphatic heterocycles. The molecular formula is C15H18O. The average molecular weight is 214 g/mol. The molecule has 0 amide bonds. The Morgan fingerprint density at radius 1 is 1.38 bits per heavy atom. The van der Waals surface area contributed by atoms with Crippen LogP contribution in [0.25, 0.3) is 0 Å². The SMILES string of the molecule is CC1=C[C@@H]2Cc3occc3C(C)(C)[C@@H]2C=C1. The van der Waals surface area contributed by atoms with Gasteiger partial charge in [-0.2, -0.15) is 0 Å². The summed E-state index contributed by atoms with van der Waals surface area (Å²) in [6.45, 7) is 6.84. The molecule has 2 atom stereocenters. The molecule has 1 aromatic heterocycles. The number of hydrogen-bond acceptors (Lipinski definition) is 1. The monoisotopic (exact) mass is 214 g/mol. The van der Waals surface area contributed by atoms with Crippen LogP contribution in [0.2, 0.25) is 0 Å². The molecule has 1 heterocycles. The standard InChI is InChI=1S/C15H18O/c1-10-4-5-12-11(8-10)9-14-13(6-7-16-14)15(12,2)3/h4-8,11-12H,9H2,1-3H3/t11-,12-/m1/s1. The van der Waals surface area contributed by atoms with E-state index in [0.29, 0.717) is 11.8 Å². The maximum atomic E-state index is 5.62. The number of furan rings is 1. The van der Waals surface area contributed by atoms with Crippen LogP contribution in [0.3, 0.4) is 0 Å². The quantitative estimate of drug-likeness (QED) is 0.639. The van der Waals surface area contributed by atoms with Gasteiger partial charge in [-0.15, -0.1) is 0 Å². The predicted octanol–water partition coefficient (Wildman–Crippen LogP) is 3.86. The first-order chi connectivity index (χ1) is 7.59. The van der Waals surface area contributed by atoms with Crippen molar-refractivity contribution in [1.29, 1.82) is 0 Å². The van der Waals surface area contributed by atoms with E-state index in [0.717, 1.165) is 6.42 Å². The minimum atomic E-state index is 0.193. The van der Waals surface area contributed by atoms with Gasteiger partial charge in [0.05, 0.1) is 6.26 Å². The molecule has 0 fully saturated rings. The molecule has 0 saturated carbocycles. The van der Waals surface area contributed by atoms with Crippen LogP contribution in [-0.2, 0) is 11.8 Å². The first-order valence-electron chi connectivity index (χ1n) is 6.02. The van der Waals surface area contributed by atoms with Crippen LogP contribution < -0.4 is 0 Å². The molecule has 84 valence electrons. The van der Waals surface area contributed by atoms with Gasteiger partial charge in [0, 0.05) is 6.42 Å². The summed E-state index contributed by atoms with van der Waals surface area (Å²) in [5.41, 5.74) is 2.97. The summed E-state index contributed by atoms with van der Waals surface area (Å²) >= 11 is 0. The topological polar surface area (TPSA) is 13.1 Å². The molecule has 2 aliphatic rings. The lowest BCUT2D eigenvalue weighted by Crippen LogP contribution is -2.38. The van der Waals surface area contributed by atoms with E-state index in [4.69, 9.17) is 4.42 Å². The Hall–Kier alpha value is -1.24. The second-order valence-corrected chi connectivity index (χ2v) is 5.64. The predicted molar refractivity (Wildman–Crippen MR) is 65.3 cm³/mol. The van der Waals surface area contributed by atoms with Gasteiger partial charge in [-0.05, 0) is 35.8 Å². The fourth-order valence-corrected chi connectivity index (χ4v) is 3.32. The number of rotatable bonds is 0. The Balaban J connectivity index is 2.11. The summed E-state index contributed by atoms with van der Waals surface area (Å²) in [6.07, 6.45) is 9.93. The van der Waals surface area contributed by atoms with Gasteiger partial charge in [0.25, 0.3) is 0 Å². The van der Waals surface area contributed by atoms with Crippen LogP contribution in [0.5, 0.6) is 0 Å². The maximum absolute atomic E-state index is 5.62. The molecule has 1 nitrogen and oxygen atoms in total. The summed E-state index contributed by atoms with van der Waals surface area (Å²) < 4.78 is 5.62. The van der Waals surface area contributed by atoms with Gasteiger partial charge >= 0.3 is 0 Å². The van der Waals surface area contributed by atoms with Gasteiger partial charge in [-0.25, -0.2) is 0 Å². The third-order valence-corrected chi connectivity index (χ3v) is 4.20. The normalized spacial score (nSPS) is 30.6. The Labute approximate surface area is 96.8 Å². The zero-order valence-electron chi connectivity index (χ0n) is 10.2. The van der Waals surface area contributed by atoms with Gasteiger partial charge in [0.1, 0.15) is 5.76 Å². The molecule has 0 saturated heterocycles. The van der Waals surface area contributed by atoms with Crippen molar-refractivity contribution in [3.05, 3.63) is 47.5 Å². The molecule has 2 aliphatic carbocycles. The minimum absolute atomic E-state index is 0.193. The molecular weight excluding hydrogens is 196 g/mol. The molecule has 0 radical (unpaired) electrons. The van der Waals surface area contributed by atoms with Gasteiger partial charge in [-0.3, -0.25) is 0 Å². The van der Waals surface area contributed by atoms with Gasteiger partial charge in [0.15, 0.2) is 0 Å². The largest absolute Gasteiger partial charge is 0.469 e. The van der Waals surface area contributed by atoms with Crippen molar-refractivity contribution in [3.8, 4) is 0 Å². The molecule has 0 spiro atoms. The Morgan fingerprint density at radius 3 is 3.00 bits per heavy atom. The Morgan fingerprint density at radius 2 is 2.19 bits per heavy atom. The third kappa shape index (κ3) is 1.24. The second kappa shape index (κ2) is 3.13. The fourth-order valence-electron chi connectivity index (χ4n) is 3.32. The zero-order valence-corrected chi connectivity index (χ0v) is 10.2. The van der Waals surface area contributed by atoms with Crippen molar-refractivity contribution in [2.24, 2.45) is 11.8 Å². The smallest absolute Gasteiger partial charge is 0.108 e. The van der Waals surface area contributed by atoms with Crippen LogP contribution in [0.15, 0.2) is 40.5 Å². The van der Waals surface area contributed by atoms with E-state index >= 15 is 0 Å². The van der Waals surface area contributed by atoms with E-state index in [1.54, 1.807) is 0 Å². The lowest BCUT2D eigenvalue weighted by molar-refractivity contribution is 0.256. The zero-order chi connectivity index (χ0) is 11.3. The van der Waals surface area contributed by atoms with Crippen LogP contribution in [0.4, 0.5) is 0 Å². The summed E-state index contributed by atoms with van der Waals surface area (Å²) in [6, 6.07) is 2.14. The third-order valence-electron chi connectivity index (χ3n) is 4.20. The molecule has 0 N–H and O–H groups in total. The Bertz CT molecular complexity index is 473.